The van der Waals surface area contributed by atoms with Gasteiger partial charge in [-0.2, -0.15) is 0 Å². The van der Waals surface area contributed by atoms with Gasteiger partial charge in [-0.15, -0.1) is 0 Å². The van der Waals surface area contributed by atoms with Gasteiger partial charge in [0.25, 0.3) is 0 Å². The quantitative estimate of drug-likeness (QED) is 0.923. The summed E-state index contributed by atoms with van der Waals surface area (Å²) < 4.78 is 1.12. The molecule has 0 bridgehead atoms. The molecular weight excluding hydrogens is 290 g/mol. The van der Waals surface area contributed by atoms with Crippen LogP contribution >= 0.6 is 15.9 Å². The molecule has 0 aliphatic carbocycles. The van der Waals surface area contributed by atoms with Gasteiger partial charge in [0.1, 0.15) is 6.33 Å². The Morgan fingerprint density at radius 3 is 2.67 bits per heavy atom. The van der Waals surface area contributed by atoms with Crippen LogP contribution in [0.25, 0.3) is 0 Å². The maximum absolute atomic E-state index is 4.19. The predicted molar refractivity (Wildman–Crippen MR) is 76.2 cm³/mol. The molecule has 0 saturated carbocycles. The Morgan fingerprint density at radius 1 is 1.22 bits per heavy atom. The van der Waals surface area contributed by atoms with Crippen LogP contribution < -0.4 is 5.32 Å². The first-order chi connectivity index (χ1) is 8.74. The number of halogens is 1. The molecule has 2 aromatic rings. The van der Waals surface area contributed by atoms with Crippen LogP contribution in [0, 0.1) is 0 Å². The second-order valence-corrected chi connectivity index (χ2v) is 5.23. The summed E-state index contributed by atoms with van der Waals surface area (Å²) in [5, 5.41) is 3.46. The number of nitrogens with zero attached hydrogens (tertiary/aromatic N) is 2. The molecule has 0 amide bonds. The third kappa shape index (κ3) is 4.20. The largest absolute Gasteiger partial charge is 0.308 e. The van der Waals surface area contributed by atoms with Crippen molar-refractivity contribution in [1.29, 1.82) is 0 Å². The van der Waals surface area contributed by atoms with Crippen molar-refractivity contribution in [2.45, 2.75) is 25.9 Å². The first kappa shape index (κ1) is 13.2. The second kappa shape index (κ2) is 6.61. The standard InChI is InChI=1S/C14H16BrN3/c1-11(8-12-2-4-13(15)5-3-12)17-9-14-6-7-16-10-18-14/h2-7,10-11,17H,8-9H2,1H3. The van der Waals surface area contributed by atoms with Gasteiger partial charge >= 0.3 is 0 Å². The SMILES string of the molecule is CC(Cc1ccc(Br)cc1)NCc1ccncn1. The Bertz CT molecular complexity index is 470. The van der Waals surface area contributed by atoms with Crippen LogP contribution in [-0.2, 0) is 13.0 Å². The first-order valence-corrected chi connectivity index (χ1v) is 6.76. The summed E-state index contributed by atoms with van der Waals surface area (Å²) in [6.45, 7) is 2.96. The lowest BCUT2D eigenvalue weighted by atomic mass is 10.1. The molecule has 18 heavy (non-hydrogen) atoms. The fourth-order valence-corrected chi connectivity index (χ4v) is 2.01. The van der Waals surface area contributed by atoms with Crippen molar-refractivity contribution in [1.82, 2.24) is 15.3 Å². The fourth-order valence-electron chi connectivity index (χ4n) is 1.75. The fraction of sp³-hybridized carbons (Fsp3) is 0.286. The lowest BCUT2D eigenvalue weighted by Crippen LogP contribution is -2.27. The van der Waals surface area contributed by atoms with Crippen LogP contribution in [0.5, 0.6) is 0 Å². The van der Waals surface area contributed by atoms with Gasteiger partial charge in [-0.05, 0) is 37.1 Å². The Hall–Kier alpha value is -1.26. The van der Waals surface area contributed by atoms with Gasteiger partial charge in [0.2, 0.25) is 0 Å². The van der Waals surface area contributed by atoms with E-state index < -0.39 is 0 Å². The molecule has 1 unspecified atom stereocenters. The first-order valence-electron chi connectivity index (χ1n) is 5.97. The molecule has 0 aliphatic heterocycles. The van der Waals surface area contributed by atoms with Crippen LogP contribution in [0.1, 0.15) is 18.2 Å². The summed E-state index contributed by atoms with van der Waals surface area (Å²) in [5.41, 5.74) is 2.36. The summed E-state index contributed by atoms with van der Waals surface area (Å²) in [4.78, 5) is 8.09. The highest BCUT2D eigenvalue weighted by Gasteiger charge is 2.03. The van der Waals surface area contributed by atoms with E-state index in [1.807, 2.05) is 6.07 Å². The maximum Gasteiger partial charge on any atom is 0.115 e. The molecule has 0 fully saturated rings. The van der Waals surface area contributed by atoms with Gasteiger partial charge in [-0.1, -0.05) is 28.1 Å². The van der Waals surface area contributed by atoms with E-state index in [0.29, 0.717) is 6.04 Å². The summed E-state index contributed by atoms with van der Waals surface area (Å²) in [6, 6.07) is 10.8. The van der Waals surface area contributed by atoms with E-state index >= 15 is 0 Å². The van der Waals surface area contributed by atoms with Crippen LogP contribution in [0.4, 0.5) is 0 Å². The summed E-state index contributed by atoms with van der Waals surface area (Å²) in [7, 11) is 0. The minimum Gasteiger partial charge on any atom is -0.308 e. The van der Waals surface area contributed by atoms with E-state index in [9.17, 15) is 0 Å². The minimum absolute atomic E-state index is 0.418. The third-order valence-electron chi connectivity index (χ3n) is 2.73. The zero-order chi connectivity index (χ0) is 12.8. The lowest BCUT2D eigenvalue weighted by molar-refractivity contribution is 0.539. The average molecular weight is 306 g/mol. The van der Waals surface area contributed by atoms with E-state index in [2.05, 4.69) is 62.4 Å². The topological polar surface area (TPSA) is 37.8 Å². The molecule has 0 saturated heterocycles. The number of hydrogen-bond acceptors (Lipinski definition) is 3. The van der Waals surface area contributed by atoms with Gasteiger partial charge in [-0.3, -0.25) is 0 Å². The minimum atomic E-state index is 0.418. The molecule has 1 atom stereocenters. The molecule has 2 rings (SSSR count). The monoisotopic (exact) mass is 305 g/mol. The van der Waals surface area contributed by atoms with Crippen molar-refractivity contribution in [3.05, 3.63) is 58.6 Å². The summed E-state index contributed by atoms with van der Waals surface area (Å²) >= 11 is 3.44. The van der Waals surface area contributed by atoms with Crippen molar-refractivity contribution in [3.8, 4) is 0 Å². The van der Waals surface area contributed by atoms with E-state index in [1.165, 1.54) is 5.56 Å². The average Bonchev–Trinajstić information content (AvgIpc) is 2.40. The molecule has 1 heterocycles. The maximum atomic E-state index is 4.19. The highest BCUT2D eigenvalue weighted by atomic mass is 79.9. The Labute approximate surface area is 116 Å². The molecule has 94 valence electrons. The lowest BCUT2D eigenvalue weighted by Gasteiger charge is -2.13. The normalized spacial score (nSPS) is 12.3. The van der Waals surface area contributed by atoms with Crippen molar-refractivity contribution >= 4 is 15.9 Å². The van der Waals surface area contributed by atoms with Gasteiger partial charge < -0.3 is 5.32 Å². The third-order valence-corrected chi connectivity index (χ3v) is 3.26. The van der Waals surface area contributed by atoms with Gasteiger partial charge in [0.05, 0.1) is 5.69 Å². The van der Waals surface area contributed by atoms with Crippen molar-refractivity contribution in [3.63, 3.8) is 0 Å². The molecule has 1 aromatic heterocycles. The van der Waals surface area contributed by atoms with Crippen LogP contribution in [-0.4, -0.2) is 16.0 Å². The molecule has 3 nitrogen and oxygen atoms in total. The van der Waals surface area contributed by atoms with E-state index in [-0.39, 0.29) is 0 Å². The number of rotatable bonds is 5. The molecule has 0 spiro atoms. The van der Waals surface area contributed by atoms with Crippen molar-refractivity contribution in [2.75, 3.05) is 0 Å². The van der Waals surface area contributed by atoms with E-state index in [0.717, 1.165) is 23.1 Å². The Kier molecular flexibility index (Phi) is 4.84. The highest BCUT2D eigenvalue weighted by Crippen LogP contribution is 2.11. The van der Waals surface area contributed by atoms with Crippen molar-refractivity contribution in [2.24, 2.45) is 0 Å². The zero-order valence-electron chi connectivity index (χ0n) is 10.3. The second-order valence-electron chi connectivity index (χ2n) is 4.31. The Morgan fingerprint density at radius 2 is 2.00 bits per heavy atom. The number of nitrogens with one attached hydrogen (secondary N) is 1. The van der Waals surface area contributed by atoms with Gasteiger partial charge in [-0.25, -0.2) is 9.97 Å². The zero-order valence-corrected chi connectivity index (χ0v) is 11.9. The number of aromatic nitrogens is 2. The highest BCUT2D eigenvalue weighted by molar-refractivity contribution is 9.10. The Balaban J connectivity index is 1.82. The number of benzene rings is 1. The van der Waals surface area contributed by atoms with Gasteiger partial charge in [0.15, 0.2) is 0 Å². The molecule has 1 N–H and O–H groups in total. The van der Waals surface area contributed by atoms with E-state index in [1.54, 1.807) is 12.5 Å². The van der Waals surface area contributed by atoms with Crippen molar-refractivity contribution < 1.29 is 0 Å². The number of hydrogen-bond donors (Lipinski definition) is 1. The predicted octanol–water partition coefficient (Wildman–Crippen LogP) is 2.96. The van der Waals surface area contributed by atoms with Crippen LogP contribution in [0.15, 0.2) is 47.3 Å². The molecule has 0 aliphatic rings. The molecular formula is C14H16BrN3. The summed E-state index contributed by atoms with van der Waals surface area (Å²) in [6.07, 6.45) is 4.36. The molecule has 0 radical (unpaired) electrons. The van der Waals surface area contributed by atoms with Crippen LogP contribution in [0.2, 0.25) is 0 Å². The summed E-state index contributed by atoms with van der Waals surface area (Å²) in [5.74, 6) is 0. The molecule has 4 heteroatoms. The molecule has 1 aromatic carbocycles. The van der Waals surface area contributed by atoms with E-state index in [4.69, 9.17) is 0 Å². The smallest absolute Gasteiger partial charge is 0.115 e. The van der Waals surface area contributed by atoms with Crippen LogP contribution in [0.3, 0.4) is 0 Å². The van der Waals surface area contributed by atoms with Gasteiger partial charge in [0, 0.05) is 23.3 Å².